The number of halogens is 2. The van der Waals surface area contributed by atoms with E-state index >= 15 is 0 Å². The van der Waals surface area contributed by atoms with Crippen molar-refractivity contribution < 1.29 is 4.74 Å². The van der Waals surface area contributed by atoms with Crippen LogP contribution in [-0.4, -0.2) is 4.98 Å². The van der Waals surface area contributed by atoms with Gasteiger partial charge >= 0.3 is 0 Å². The van der Waals surface area contributed by atoms with Gasteiger partial charge in [-0.3, -0.25) is 0 Å². The van der Waals surface area contributed by atoms with Gasteiger partial charge in [0.15, 0.2) is 0 Å². The van der Waals surface area contributed by atoms with E-state index in [4.69, 9.17) is 27.9 Å². The molecule has 2 nitrogen and oxygen atoms in total. The summed E-state index contributed by atoms with van der Waals surface area (Å²) in [5, 5.41) is 1.06. The zero-order valence-electron chi connectivity index (χ0n) is 9.28. The summed E-state index contributed by atoms with van der Waals surface area (Å²) in [6.45, 7) is 2.33. The monoisotopic (exact) mass is 267 g/mol. The average molecular weight is 268 g/mol. The number of nitrogens with zero attached hydrogens (tertiary/aromatic N) is 1. The Bertz CT molecular complexity index is 529. The van der Waals surface area contributed by atoms with Crippen LogP contribution in [0.1, 0.15) is 11.3 Å². The molecule has 4 heteroatoms. The molecule has 0 fully saturated rings. The molecule has 1 heterocycles. The highest BCUT2D eigenvalue weighted by molar-refractivity contribution is 6.32. The van der Waals surface area contributed by atoms with Gasteiger partial charge in [0.1, 0.15) is 17.5 Å². The number of aromatic nitrogens is 1. The molecule has 0 aliphatic rings. The molecule has 0 spiro atoms. The molecule has 0 unspecified atom stereocenters. The summed E-state index contributed by atoms with van der Waals surface area (Å²) in [5.41, 5.74) is 1.87. The molecule has 0 atom stereocenters. The number of rotatable bonds is 3. The lowest BCUT2D eigenvalue weighted by Crippen LogP contribution is -1.98. The SMILES string of the molecule is Cc1ccc(OCc2cccc(Cl)n2)c(Cl)c1. The maximum atomic E-state index is 6.06. The van der Waals surface area contributed by atoms with Crippen LogP contribution in [0.4, 0.5) is 0 Å². The van der Waals surface area contributed by atoms with E-state index in [1.807, 2.05) is 37.3 Å². The molecule has 88 valence electrons. The van der Waals surface area contributed by atoms with Crippen LogP contribution in [0.5, 0.6) is 5.75 Å². The Kier molecular flexibility index (Phi) is 3.87. The first-order valence-corrected chi connectivity index (χ1v) is 5.91. The van der Waals surface area contributed by atoms with Gasteiger partial charge in [-0.25, -0.2) is 4.98 Å². The zero-order valence-corrected chi connectivity index (χ0v) is 10.8. The first-order chi connectivity index (χ1) is 8.15. The highest BCUT2D eigenvalue weighted by atomic mass is 35.5. The summed E-state index contributed by atoms with van der Waals surface area (Å²) >= 11 is 11.8. The van der Waals surface area contributed by atoms with Gasteiger partial charge in [0, 0.05) is 0 Å². The van der Waals surface area contributed by atoms with Gasteiger partial charge in [-0.05, 0) is 36.8 Å². The molecule has 1 aromatic carbocycles. The Morgan fingerprint density at radius 3 is 2.71 bits per heavy atom. The van der Waals surface area contributed by atoms with Crippen molar-refractivity contribution in [3.63, 3.8) is 0 Å². The van der Waals surface area contributed by atoms with Gasteiger partial charge in [0.2, 0.25) is 0 Å². The first-order valence-electron chi connectivity index (χ1n) is 5.15. The number of benzene rings is 1. The Balaban J connectivity index is 2.07. The maximum absolute atomic E-state index is 6.06. The molecule has 2 aromatic rings. The van der Waals surface area contributed by atoms with Crippen LogP contribution in [0, 0.1) is 6.92 Å². The summed E-state index contributed by atoms with van der Waals surface area (Å²) in [6, 6.07) is 11.1. The van der Waals surface area contributed by atoms with Crippen LogP contribution in [0.2, 0.25) is 10.2 Å². The third-order valence-corrected chi connectivity index (χ3v) is 2.74. The normalized spacial score (nSPS) is 10.3. The van der Waals surface area contributed by atoms with Crippen molar-refractivity contribution in [3.8, 4) is 5.75 Å². The van der Waals surface area contributed by atoms with Gasteiger partial charge in [0.25, 0.3) is 0 Å². The van der Waals surface area contributed by atoms with Gasteiger partial charge in [0.05, 0.1) is 10.7 Å². The summed E-state index contributed by atoms with van der Waals surface area (Å²) in [5.74, 6) is 0.652. The van der Waals surface area contributed by atoms with Crippen LogP contribution in [0.25, 0.3) is 0 Å². The summed E-state index contributed by atoms with van der Waals surface area (Å²) in [6.07, 6.45) is 0. The minimum atomic E-state index is 0.351. The lowest BCUT2D eigenvalue weighted by molar-refractivity contribution is 0.301. The number of hydrogen-bond donors (Lipinski definition) is 0. The molecule has 0 bridgehead atoms. The number of aryl methyl sites for hydroxylation is 1. The van der Waals surface area contributed by atoms with Crippen molar-refractivity contribution in [1.29, 1.82) is 0 Å². The van der Waals surface area contributed by atoms with Crippen LogP contribution in [0.3, 0.4) is 0 Å². The van der Waals surface area contributed by atoms with Gasteiger partial charge in [-0.1, -0.05) is 35.3 Å². The standard InChI is InChI=1S/C13H11Cl2NO/c1-9-5-6-12(11(14)7-9)17-8-10-3-2-4-13(15)16-10/h2-7H,8H2,1H3. The Morgan fingerprint density at radius 1 is 1.18 bits per heavy atom. The third kappa shape index (κ3) is 3.35. The summed E-state index contributed by atoms with van der Waals surface area (Å²) in [4.78, 5) is 4.13. The fraction of sp³-hybridized carbons (Fsp3) is 0.154. The van der Waals surface area contributed by atoms with Gasteiger partial charge in [-0.15, -0.1) is 0 Å². The van der Waals surface area contributed by atoms with E-state index in [2.05, 4.69) is 4.98 Å². The fourth-order valence-electron chi connectivity index (χ4n) is 1.41. The van der Waals surface area contributed by atoms with Gasteiger partial charge < -0.3 is 4.74 Å². The van der Waals surface area contributed by atoms with Crippen molar-refractivity contribution >= 4 is 23.2 Å². The molecule has 0 N–H and O–H groups in total. The lowest BCUT2D eigenvalue weighted by Gasteiger charge is -2.08. The molecule has 0 amide bonds. The third-order valence-electron chi connectivity index (χ3n) is 2.24. The minimum Gasteiger partial charge on any atom is -0.486 e. The Morgan fingerprint density at radius 2 is 2.00 bits per heavy atom. The predicted molar refractivity (Wildman–Crippen MR) is 69.8 cm³/mol. The zero-order chi connectivity index (χ0) is 12.3. The van der Waals surface area contributed by atoms with E-state index in [1.165, 1.54) is 0 Å². The van der Waals surface area contributed by atoms with E-state index in [0.29, 0.717) is 22.5 Å². The average Bonchev–Trinajstić information content (AvgIpc) is 2.28. The second-order valence-corrected chi connectivity index (χ2v) is 4.47. The lowest BCUT2D eigenvalue weighted by atomic mass is 10.2. The van der Waals surface area contributed by atoms with Crippen molar-refractivity contribution in [2.24, 2.45) is 0 Å². The van der Waals surface area contributed by atoms with Crippen LogP contribution in [0.15, 0.2) is 36.4 Å². The number of hydrogen-bond acceptors (Lipinski definition) is 2. The number of pyridine rings is 1. The Hall–Kier alpha value is -1.25. The molecule has 0 saturated heterocycles. The van der Waals surface area contributed by atoms with E-state index < -0.39 is 0 Å². The molecule has 0 aliphatic heterocycles. The van der Waals surface area contributed by atoms with Crippen LogP contribution >= 0.6 is 23.2 Å². The summed E-state index contributed by atoms with van der Waals surface area (Å²) in [7, 11) is 0. The highest BCUT2D eigenvalue weighted by Gasteiger charge is 2.03. The van der Waals surface area contributed by atoms with Crippen LogP contribution in [-0.2, 0) is 6.61 Å². The van der Waals surface area contributed by atoms with Crippen molar-refractivity contribution in [1.82, 2.24) is 4.98 Å². The highest BCUT2D eigenvalue weighted by Crippen LogP contribution is 2.25. The molecular weight excluding hydrogens is 257 g/mol. The first kappa shape index (κ1) is 12.2. The van der Waals surface area contributed by atoms with Gasteiger partial charge in [-0.2, -0.15) is 0 Å². The topological polar surface area (TPSA) is 22.1 Å². The molecule has 0 aliphatic carbocycles. The molecule has 0 saturated carbocycles. The molecule has 0 radical (unpaired) electrons. The molecule has 1 aromatic heterocycles. The predicted octanol–water partition coefficient (Wildman–Crippen LogP) is 4.28. The largest absolute Gasteiger partial charge is 0.486 e. The summed E-state index contributed by atoms with van der Waals surface area (Å²) < 4.78 is 5.58. The van der Waals surface area contributed by atoms with Crippen molar-refractivity contribution in [2.75, 3.05) is 0 Å². The second-order valence-electron chi connectivity index (χ2n) is 3.67. The van der Waals surface area contributed by atoms with Crippen LogP contribution < -0.4 is 4.74 Å². The molecule has 17 heavy (non-hydrogen) atoms. The molecule has 2 rings (SSSR count). The Labute approximate surface area is 110 Å². The van der Waals surface area contributed by atoms with E-state index in [0.717, 1.165) is 11.3 Å². The smallest absolute Gasteiger partial charge is 0.138 e. The molecular formula is C13H11Cl2NO. The van der Waals surface area contributed by atoms with E-state index in [1.54, 1.807) is 6.07 Å². The quantitative estimate of drug-likeness (QED) is 0.775. The minimum absolute atomic E-state index is 0.351. The van der Waals surface area contributed by atoms with E-state index in [9.17, 15) is 0 Å². The van der Waals surface area contributed by atoms with E-state index in [-0.39, 0.29) is 0 Å². The fourth-order valence-corrected chi connectivity index (χ4v) is 1.88. The second kappa shape index (κ2) is 5.39. The maximum Gasteiger partial charge on any atom is 0.138 e. The van der Waals surface area contributed by atoms with Crippen molar-refractivity contribution in [3.05, 3.63) is 57.8 Å². The number of ether oxygens (including phenoxy) is 1. The van der Waals surface area contributed by atoms with Crippen molar-refractivity contribution in [2.45, 2.75) is 13.5 Å².